The van der Waals surface area contributed by atoms with Crippen molar-refractivity contribution < 1.29 is 14.3 Å². The molecule has 1 aliphatic heterocycles. The molecule has 0 unspecified atom stereocenters. The first-order chi connectivity index (χ1) is 8.58. The van der Waals surface area contributed by atoms with Gasteiger partial charge in [0.25, 0.3) is 5.91 Å². The molecule has 2 rings (SSSR count). The molecular formula is C13H16N2O3. The number of carbonyl (C=O) groups is 1. The molecule has 1 aromatic rings. The van der Waals surface area contributed by atoms with E-state index in [1.54, 1.807) is 18.2 Å². The number of benzene rings is 1. The predicted molar refractivity (Wildman–Crippen MR) is 68.0 cm³/mol. The maximum atomic E-state index is 11.9. The average Bonchev–Trinajstić information content (AvgIpc) is 2.82. The molecule has 18 heavy (non-hydrogen) atoms. The second kappa shape index (κ2) is 5.08. The van der Waals surface area contributed by atoms with Crippen LogP contribution in [0.25, 0.3) is 0 Å². The summed E-state index contributed by atoms with van der Waals surface area (Å²) in [7, 11) is 0. The standard InChI is InChI=1S/C13H16N2O3/c1-8(2)9(3)14-15-13(16)10-4-5-11-12(6-10)18-7-17-11/h4-6,8H,7H2,1-3H3,(H,15,16)/b14-9+. The largest absolute Gasteiger partial charge is 0.454 e. The minimum Gasteiger partial charge on any atom is -0.454 e. The zero-order valence-electron chi connectivity index (χ0n) is 10.7. The Balaban J connectivity index is 2.08. The number of nitrogens with zero attached hydrogens (tertiary/aromatic N) is 1. The Morgan fingerprint density at radius 1 is 1.33 bits per heavy atom. The van der Waals surface area contributed by atoms with E-state index < -0.39 is 0 Å². The predicted octanol–water partition coefficient (Wildman–Crippen LogP) is 2.18. The van der Waals surface area contributed by atoms with Crippen molar-refractivity contribution in [3.05, 3.63) is 23.8 Å². The van der Waals surface area contributed by atoms with Crippen LogP contribution in [0.2, 0.25) is 0 Å². The number of hydrazone groups is 1. The van der Waals surface area contributed by atoms with E-state index >= 15 is 0 Å². The first-order valence-corrected chi connectivity index (χ1v) is 5.82. The molecule has 1 heterocycles. The summed E-state index contributed by atoms with van der Waals surface area (Å²) < 4.78 is 10.4. The van der Waals surface area contributed by atoms with Crippen molar-refractivity contribution in [1.29, 1.82) is 0 Å². The SMILES string of the molecule is C/C(=N\NC(=O)c1ccc2c(c1)OCO2)C(C)C. The van der Waals surface area contributed by atoms with Crippen LogP contribution >= 0.6 is 0 Å². The summed E-state index contributed by atoms with van der Waals surface area (Å²) in [4.78, 5) is 11.9. The summed E-state index contributed by atoms with van der Waals surface area (Å²) in [5, 5.41) is 4.04. The first-order valence-electron chi connectivity index (χ1n) is 5.82. The van der Waals surface area contributed by atoms with Crippen molar-refractivity contribution >= 4 is 11.6 Å². The lowest BCUT2D eigenvalue weighted by Gasteiger charge is -2.05. The van der Waals surface area contributed by atoms with Crippen LogP contribution in [0.4, 0.5) is 0 Å². The molecule has 0 bridgehead atoms. The highest BCUT2D eigenvalue weighted by Gasteiger charge is 2.15. The first kappa shape index (κ1) is 12.4. The number of ether oxygens (including phenoxy) is 2. The van der Waals surface area contributed by atoms with Gasteiger partial charge in [0.05, 0.1) is 0 Å². The molecule has 5 nitrogen and oxygen atoms in total. The molecule has 0 fully saturated rings. The Morgan fingerprint density at radius 2 is 2.06 bits per heavy atom. The van der Waals surface area contributed by atoms with Gasteiger partial charge in [-0.15, -0.1) is 0 Å². The molecule has 0 atom stereocenters. The number of rotatable bonds is 3. The quantitative estimate of drug-likeness (QED) is 0.658. The Morgan fingerprint density at radius 3 is 2.78 bits per heavy atom. The Kier molecular flexibility index (Phi) is 3.50. The van der Waals surface area contributed by atoms with Crippen molar-refractivity contribution in [3.8, 4) is 11.5 Å². The zero-order valence-corrected chi connectivity index (χ0v) is 10.7. The van der Waals surface area contributed by atoms with Gasteiger partial charge in [-0.2, -0.15) is 5.10 Å². The van der Waals surface area contributed by atoms with Crippen molar-refractivity contribution in [2.45, 2.75) is 20.8 Å². The lowest BCUT2D eigenvalue weighted by molar-refractivity contribution is 0.0954. The van der Waals surface area contributed by atoms with Crippen molar-refractivity contribution in [2.24, 2.45) is 11.0 Å². The maximum Gasteiger partial charge on any atom is 0.271 e. The van der Waals surface area contributed by atoms with Crippen molar-refractivity contribution in [2.75, 3.05) is 6.79 Å². The molecule has 1 aliphatic rings. The molecule has 1 amide bonds. The number of amides is 1. The molecule has 1 N–H and O–H groups in total. The molecule has 96 valence electrons. The normalized spacial score (nSPS) is 13.9. The van der Waals surface area contributed by atoms with Gasteiger partial charge in [0.1, 0.15) is 0 Å². The van der Waals surface area contributed by atoms with Crippen LogP contribution in [-0.2, 0) is 0 Å². The van der Waals surface area contributed by atoms with Gasteiger partial charge in [-0.25, -0.2) is 5.43 Å². The molecule has 0 saturated heterocycles. The van der Waals surface area contributed by atoms with Crippen LogP contribution in [0.5, 0.6) is 11.5 Å². The van der Waals surface area contributed by atoms with Crippen LogP contribution in [-0.4, -0.2) is 18.4 Å². The third kappa shape index (κ3) is 2.61. The minimum absolute atomic E-state index is 0.199. The van der Waals surface area contributed by atoms with Gasteiger partial charge in [0.15, 0.2) is 11.5 Å². The second-order valence-electron chi connectivity index (χ2n) is 4.42. The summed E-state index contributed by atoms with van der Waals surface area (Å²) in [6, 6.07) is 5.05. The average molecular weight is 248 g/mol. The van der Waals surface area contributed by atoms with Gasteiger partial charge in [0, 0.05) is 11.3 Å². The highest BCUT2D eigenvalue weighted by molar-refractivity contribution is 5.96. The number of nitrogens with one attached hydrogen (secondary N) is 1. The highest BCUT2D eigenvalue weighted by atomic mass is 16.7. The smallest absolute Gasteiger partial charge is 0.271 e. The molecule has 0 aromatic heterocycles. The fourth-order valence-corrected chi connectivity index (χ4v) is 1.37. The van der Waals surface area contributed by atoms with E-state index in [2.05, 4.69) is 10.5 Å². The summed E-state index contributed by atoms with van der Waals surface area (Å²) >= 11 is 0. The molecule has 5 heteroatoms. The van der Waals surface area contributed by atoms with E-state index in [-0.39, 0.29) is 12.7 Å². The number of hydrogen-bond acceptors (Lipinski definition) is 4. The van der Waals surface area contributed by atoms with E-state index in [0.717, 1.165) is 5.71 Å². The number of fused-ring (bicyclic) bond motifs is 1. The van der Waals surface area contributed by atoms with E-state index in [1.807, 2.05) is 20.8 Å². The molecule has 0 saturated carbocycles. The van der Waals surface area contributed by atoms with E-state index in [0.29, 0.717) is 23.0 Å². The highest BCUT2D eigenvalue weighted by Crippen LogP contribution is 2.32. The van der Waals surface area contributed by atoms with Crippen LogP contribution < -0.4 is 14.9 Å². The molecule has 1 aromatic carbocycles. The third-order valence-electron chi connectivity index (χ3n) is 2.80. The summed E-state index contributed by atoms with van der Waals surface area (Å²) in [5.74, 6) is 1.30. The van der Waals surface area contributed by atoms with Crippen LogP contribution in [0, 0.1) is 5.92 Å². The minimum atomic E-state index is -0.256. The Bertz CT molecular complexity index is 495. The van der Waals surface area contributed by atoms with E-state index in [4.69, 9.17) is 9.47 Å². The van der Waals surface area contributed by atoms with Crippen LogP contribution in [0.1, 0.15) is 31.1 Å². The summed E-state index contributed by atoms with van der Waals surface area (Å²) in [6.07, 6.45) is 0. The zero-order chi connectivity index (χ0) is 13.1. The molecule has 0 spiro atoms. The fraction of sp³-hybridized carbons (Fsp3) is 0.385. The second-order valence-corrected chi connectivity index (χ2v) is 4.42. The number of hydrogen-bond donors (Lipinski definition) is 1. The van der Waals surface area contributed by atoms with Gasteiger partial charge in [-0.05, 0) is 31.0 Å². The summed E-state index contributed by atoms with van der Waals surface area (Å²) in [5.41, 5.74) is 3.90. The van der Waals surface area contributed by atoms with Gasteiger partial charge in [-0.3, -0.25) is 4.79 Å². The van der Waals surface area contributed by atoms with E-state index in [9.17, 15) is 4.79 Å². The van der Waals surface area contributed by atoms with Crippen molar-refractivity contribution in [1.82, 2.24) is 5.43 Å². The van der Waals surface area contributed by atoms with Gasteiger partial charge in [-0.1, -0.05) is 13.8 Å². The van der Waals surface area contributed by atoms with Crippen molar-refractivity contribution in [3.63, 3.8) is 0 Å². The van der Waals surface area contributed by atoms with Crippen LogP contribution in [0.3, 0.4) is 0 Å². The monoisotopic (exact) mass is 248 g/mol. The van der Waals surface area contributed by atoms with Gasteiger partial charge < -0.3 is 9.47 Å². The van der Waals surface area contributed by atoms with Crippen LogP contribution in [0.15, 0.2) is 23.3 Å². The molecular weight excluding hydrogens is 232 g/mol. The number of carbonyl (C=O) groups excluding carboxylic acids is 1. The molecule has 0 radical (unpaired) electrons. The Hall–Kier alpha value is -2.04. The lowest BCUT2D eigenvalue weighted by Crippen LogP contribution is -2.20. The fourth-order valence-electron chi connectivity index (χ4n) is 1.37. The Labute approximate surface area is 106 Å². The van der Waals surface area contributed by atoms with Gasteiger partial charge in [0.2, 0.25) is 6.79 Å². The maximum absolute atomic E-state index is 11.9. The van der Waals surface area contributed by atoms with Gasteiger partial charge >= 0.3 is 0 Å². The summed E-state index contributed by atoms with van der Waals surface area (Å²) in [6.45, 7) is 6.12. The lowest BCUT2D eigenvalue weighted by atomic mass is 10.1. The third-order valence-corrected chi connectivity index (χ3v) is 2.80. The topological polar surface area (TPSA) is 59.9 Å². The van der Waals surface area contributed by atoms with E-state index in [1.165, 1.54) is 0 Å². The molecule has 0 aliphatic carbocycles.